The topological polar surface area (TPSA) is 80.8 Å². The molecule has 0 radical (unpaired) electrons. The number of hydrogen-bond acceptors (Lipinski definition) is 6. The van der Waals surface area contributed by atoms with Crippen molar-refractivity contribution in [3.05, 3.63) is 59.4 Å². The highest BCUT2D eigenvalue weighted by atomic mass is 16.2. The summed E-state index contributed by atoms with van der Waals surface area (Å²) in [5.41, 5.74) is 11.1. The summed E-state index contributed by atoms with van der Waals surface area (Å²) in [4.78, 5) is 37.1. The lowest BCUT2D eigenvalue weighted by Gasteiger charge is -2.40. The lowest BCUT2D eigenvalue weighted by atomic mass is 9.94. The Morgan fingerprint density at radius 3 is 2.34 bits per heavy atom. The number of amides is 2. The van der Waals surface area contributed by atoms with E-state index in [1.165, 1.54) is 16.8 Å². The van der Waals surface area contributed by atoms with Crippen LogP contribution in [0.25, 0.3) is 0 Å². The van der Waals surface area contributed by atoms with Gasteiger partial charge in [-0.1, -0.05) is 18.2 Å². The molecule has 3 fully saturated rings. The molecule has 2 aromatic rings. The molecule has 186 valence electrons. The average Bonchev–Trinajstić information content (AvgIpc) is 3.40. The molecular weight excluding hydrogens is 440 g/mol. The maximum atomic E-state index is 13.2. The van der Waals surface area contributed by atoms with E-state index in [1.54, 1.807) is 6.20 Å². The Balaban J connectivity index is 1.09. The zero-order valence-corrected chi connectivity index (χ0v) is 20.7. The quantitative estimate of drug-likeness (QED) is 0.704. The number of hydrazine groups is 1. The number of rotatable bonds is 4. The van der Waals surface area contributed by atoms with Crippen LogP contribution in [0.2, 0.25) is 0 Å². The van der Waals surface area contributed by atoms with Crippen LogP contribution in [0.3, 0.4) is 0 Å². The Bertz CT molecular complexity index is 1040. The Labute approximate surface area is 207 Å². The van der Waals surface area contributed by atoms with Crippen LogP contribution in [0.4, 0.5) is 5.69 Å². The van der Waals surface area contributed by atoms with Gasteiger partial charge in [-0.25, -0.2) is 10.9 Å². The molecule has 2 N–H and O–H groups in total. The first-order valence-corrected chi connectivity index (χ1v) is 12.8. The smallest absolute Gasteiger partial charge is 0.241 e. The third-order valence-electron chi connectivity index (χ3n) is 7.70. The fourth-order valence-corrected chi connectivity index (χ4v) is 5.55. The molecule has 0 saturated carbocycles. The first-order valence-electron chi connectivity index (χ1n) is 12.8. The molecule has 8 heteroatoms. The van der Waals surface area contributed by atoms with Crippen molar-refractivity contribution in [2.75, 3.05) is 44.2 Å². The van der Waals surface area contributed by atoms with Crippen LogP contribution in [0.1, 0.15) is 42.1 Å². The van der Waals surface area contributed by atoms with Crippen molar-refractivity contribution in [2.45, 2.75) is 45.2 Å². The first-order chi connectivity index (χ1) is 17.0. The molecule has 2 amide bonds. The summed E-state index contributed by atoms with van der Waals surface area (Å²) in [6.45, 7) is 8.82. The number of likely N-dealkylation sites (tertiary alicyclic amines) is 1. The van der Waals surface area contributed by atoms with Gasteiger partial charge in [0.25, 0.3) is 0 Å². The second-order valence-corrected chi connectivity index (χ2v) is 10.1. The van der Waals surface area contributed by atoms with Crippen LogP contribution in [-0.4, -0.2) is 71.9 Å². The number of piperidine rings is 1. The molecule has 0 aliphatic carbocycles. The van der Waals surface area contributed by atoms with Gasteiger partial charge in [-0.05, 0) is 62.4 Å². The Kier molecular flexibility index (Phi) is 7.02. The van der Waals surface area contributed by atoms with Gasteiger partial charge in [0.15, 0.2) is 0 Å². The van der Waals surface area contributed by atoms with E-state index in [1.807, 2.05) is 28.0 Å². The second kappa shape index (κ2) is 10.3. The summed E-state index contributed by atoms with van der Waals surface area (Å²) in [6, 6.07) is 12.2. The van der Waals surface area contributed by atoms with Gasteiger partial charge in [0.1, 0.15) is 6.04 Å². The van der Waals surface area contributed by atoms with Gasteiger partial charge in [0, 0.05) is 57.1 Å². The van der Waals surface area contributed by atoms with Crippen molar-refractivity contribution in [1.29, 1.82) is 0 Å². The number of nitrogens with zero attached hydrogens (tertiary/aromatic N) is 4. The first kappa shape index (κ1) is 23.8. The fraction of sp³-hybridized carbons (Fsp3) is 0.519. The monoisotopic (exact) mass is 476 g/mol. The fourth-order valence-electron chi connectivity index (χ4n) is 5.55. The van der Waals surface area contributed by atoms with Crippen molar-refractivity contribution in [3.8, 4) is 0 Å². The molecule has 8 nitrogen and oxygen atoms in total. The molecular formula is C27H36N6O2. The molecule has 1 aromatic heterocycles. The summed E-state index contributed by atoms with van der Waals surface area (Å²) >= 11 is 0. The van der Waals surface area contributed by atoms with Crippen LogP contribution >= 0.6 is 0 Å². The highest BCUT2D eigenvalue weighted by Gasteiger charge is 2.37. The van der Waals surface area contributed by atoms with Crippen LogP contribution in [-0.2, 0) is 9.59 Å². The Hall–Kier alpha value is -2.97. The standard InChI is InChI=1S/C27H36N6O2/c1-19-6-7-20(2)25(17-19)31-13-15-33(16-14-31)26(34)21-8-11-32(12-9-21)27(35)24-18-23(29-30-24)22-5-3-4-10-28-22/h3-7,10,17,21,23-24,29-30H,8-9,11-16,18H2,1-2H3. The summed E-state index contributed by atoms with van der Waals surface area (Å²) in [6.07, 6.45) is 3.94. The molecule has 4 heterocycles. The minimum Gasteiger partial charge on any atom is -0.368 e. The molecule has 3 saturated heterocycles. The Morgan fingerprint density at radius 2 is 1.63 bits per heavy atom. The number of aromatic nitrogens is 1. The number of carbonyl (C=O) groups is 2. The number of aryl methyl sites for hydroxylation is 2. The van der Waals surface area contributed by atoms with Gasteiger partial charge in [-0.2, -0.15) is 0 Å². The number of carbonyl (C=O) groups excluding carboxylic acids is 2. The number of benzene rings is 1. The van der Waals surface area contributed by atoms with E-state index in [-0.39, 0.29) is 29.8 Å². The lowest BCUT2D eigenvalue weighted by molar-refractivity contribution is -0.141. The minimum absolute atomic E-state index is 0.0160. The number of anilines is 1. The number of pyridine rings is 1. The number of nitrogens with one attached hydrogen (secondary N) is 2. The molecule has 5 rings (SSSR count). The average molecular weight is 477 g/mol. The second-order valence-electron chi connectivity index (χ2n) is 10.1. The molecule has 3 aliphatic rings. The van der Waals surface area contributed by atoms with Crippen LogP contribution in [0, 0.1) is 19.8 Å². The van der Waals surface area contributed by atoms with Gasteiger partial charge in [-0.3, -0.25) is 14.6 Å². The Morgan fingerprint density at radius 1 is 0.886 bits per heavy atom. The van der Waals surface area contributed by atoms with E-state index < -0.39 is 0 Å². The largest absolute Gasteiger partial charge is 0.368 e. The van der Waals surface area contributed by atoms with Crippen molar-refractivity contribution >= 4 is 17.5 Å². The normalized spacial score (nSPS) is 23.5. The molecule has 3 aliphatic heterocycles. The van der Waals surface area contributed by atoms with Crippen LogP contribution in [0.5, 0.6) is 0 Å². The third-order valence-corrected chi connectivity index (χ3v) is 7.70. The molecule has 0 bridgehead atoms. The molecule has 1 aromatic carbocycles. The van der Waals surface area contributed by atoms with E-state index in [0.717, 1.165) is 44.7 Å². The summed E-state index contributed by atoms with van der Waals surface area (Å²) in [5, 5.41) is 0. The van der Waals surface area contributed by atoms with E-state index in [0.29, 0.717) is 19.5 Å². The van der Waals surface area contributed by atoms with E-state index in [9.17, 15) is 9.59 Å². The van der Waals surface area contributed by atoms with Gasteiger partial charge in [0.2, 0.25) is 11.8 Å². The SMILES string of the molecule is Cc1ccc(C)c(N2CCN(C(=O)C3CCN(C(=O)C4CC(c5ccccn5)NN4)CC3)CC2)c1. The summed E-state index contributed by atoms with van der Waals surface area (Å²) in [5.74, 6) is 0.389. The van der Waals surface area contributed by atoms with Crippen molar-refractivity contribution < 1.29 is 9.59 Å². The van der Waals surface area contributed by atoms with Crippen molar-refractivity contribution in [3.63, 3.8) is 0 Å². The van der Waals surface area contributed by atoms with E-state index in [2.05, 4.69) is 52.8 Å². The lowest BCUT2D eigenvalue weighted by Crippen LogP contribution is -2.53. The number of hydrogen-bond donors (Lipinski definition) is 2. The number of piperazine rings is 1. The maximum Gasteiger partial charge on any atom is 0.241 e. The predicted octanol–water partition coefficient (Wildman–Crippen LogP) is 2.19. The van der Waals surface area contributed by atoms with Crippen LogP contribution in [0.15, 0.2) is 42.6 Å². The molecule has 2 unspecified atom stereocenters. The highest BCUT2D eigenvalue weighted by molar-refractivity contribution is 5.83. The summed E-state index contributed by atoms with van der Waals surface area (Å²) in [7, 11) is 0. The summed E-state index contributed by atoms with van der Waals surface area (Å²) < 4.78 is 0. The van der Waals surface area contributed by atoms with Crippen molar-refractivity contribution in [2.24, 2.45) is 5.92 Å². The predicted molar refractivity (Wildman–Crippen MR) is 136 cm³/mol. The van der Waals surface area contributed by atoms with Crippen molar-refractivity contribution in [1.82, 2.24) is 25.6 Å². The molecule has 0 spiro atoms. The third kappa shape index (κ3) is 5.18. The zero-order chi connectivity index (χ0) is 24.4. The molecule has 2 atom stereocenters. The maximum absolute atomic E-state index is 13.2. The van der Waals surface area contributed by atoms with E-state index >= 15 is 0 Å². The van der Waals surface area contributed by atoms with E-state index in [4.69, 9.17) is 0 Å². The van der Waals surface area contributed by atoms with Gasteiger partial charge in [0.05, 0.1) is 11.7 Å². The minimum atomic E-state index is -0.257. The highest BCUT2D eigenvalue weighted by Crippen LogP contribution is 2.26. The van der Waals surface area contributed by atoms with Gasteiger partial charge < -0.3 is 14.7 Å². The zero-order valence-electron chi connectivity index (χ0n) is 20.7. The van der Waals surface area contributed by atoms with Crippen LogP contribution < -0.4 is 15.8 Å². The molecule has 35 heavy (non-hydrogen) atoms. The van der Waals surface area contributed by atoms with Gasteiger partial charge in [-0.15, -0.1) is 0 Å². The van der Waals surface area contributed by atoms with Gasteiger partial charge >= 0.3 is 0 Å².